The Hall–Kier alpha value is -1.28. The predicted octanol–water partition coefficient (Wildman–Crippen LogP) is 5.49. The molecule has 0 saturated carbocycles. The molecule has 0 spiro atoms. The van der Waals surface area contributed by atoms with Crippen LogP contribution in [-0.4, -0.2) is 15.2 Å². The Bertz CT molecular complexity index is 628. The van der Waals surface area contributed by atoms with Crippen LogP contribution < -0.4 is 9.92 Å². The van der Waals surface area contributed by atoms with Crippen LogP contribution in [0.25, 0.3) is 0 Å². The number of rotatable bonds is 6. The first-order chi connectivity index (χ1) is 10.8. The molecule has 2 heteroatoms. The highest BCUT2D eigenvalue weighted by molar-refractivity contribution is 6.89. The Morgan fingerprint density at radius 1 is 1.13 bits per heavy atom. The van der Waals surface area contributed by atoms with Gasteiger partial charge in [0.15, 0.2) is 0 Å². The van der Waals surface area contributed by atoms with Gasteiger partial charge < -0.3 is 4.74 Å². The molecule has 0 bridgehead atoms. The molecular weight excluding hydrogens is 296 g/mol. The highest BCUT2D eigenvalue weighted by Crippen LogP contribution is 2.45. The van der Waals surface area contributed by atoms with Gasteiger partial charge in [-0.1, -0.05) is 69.4 Å². The highest BCUT2D eigenvalue weighted by atomic mass is 28.3. The van der Waals surface area contributed by atoms with Crippen LogP contribution in [0, 0.1) is 6.92 Å². The normalized spacial score (nSPS) is 15.0. The molecule has 0 aromatic heterocycles. The van der Waals surface area contributed by atoms with Crippen LogP contribution in [0.1, 0.15) is 44.2 Å². The summed E-state index contributed by atoms with van der Waals surface area (Å²) in [5.74, 6) is 1.14. The highest BCUT2D eigenvalue weighted by Gasteiger charge is 2.37. The fourth-order valence-corrected chi connectivity index (χ4v) is 5.49. The first kappa shape index (κ1) is 18.1. The molecule has 126 valence electrons. The minimum Gasteiger partial charge on any atom is -0.497 e. The Morgan fingerprint density at radius 2 is 1.78 bits per heavy atom. The molecule has 0 unspecified atom stereocenters. The molecule has 1 aromatic carbocycles. The Labute approximate surface area is 143 Å². The standard InChI is InChI=1S/C21H32OSi/c1-8-21(9-2,17-12-10-11-13-17)18-14-16(3)15-19(20(18)22-4)23(5,6)7/h10,12-15H,8-9,11H2,1-7H3. The van der Waals surface area contributed by atoms with Gasteiger partial charge in [0.1, 0.15) is 5.75 Å². The van der Waals surface area contributed by atoms with Crippen molar-refractivity contribution in [3.05, 3.63) is 47.1 Å². The van der Waals surface area contributed by atoms with E-state index in [1.54, 1.807) is 0 Å². The molecule has 0 heterocycles. The minimum atomic E-state index is -1.47. The number of allylic oxidation sites excluding steroid dienone is 4. The van der Waals surface area contributed by atoms with Crippen molar-refractivity contribution in [1.82, 2.24) is 0 Å². The van der Waals surface area contributed by atoms with Crippen molar-refractivity contribution in [1.29, 1.82) is 0 Å². The minimum absolute atomic E-state index is 0.0682. The van der Waals surface area contributed by atoms with Crippen molar-refractivity contribution in [3.63, 3.8) is 0 Å². The molecule has 0 atom stereocenters. The number of benzene rings is 1. The summed E-state index contributed by atoms with van der Waals surface area (Å²) in [5.41, 5.74) is 4.28. The van der Waals surface area contributed by atoms with Crippen LogP contribution in [0.4, 0.5) is 0 Å². The van der Waals surface area contributed by atoms with E-state index in [4.69, 9.17) is 4.74 Å². The lowest BCUT2D eigenvalue weighted by atomic mass is 9.69. The molecule has 0 fully saturated rings. The molecule has 23 heavy (non-hydrogen) atoms. The Balaban J connectivity index is 2.78. The van der Waals surface area contributed by atoms with E-state index in [9.17, 15) is 0 Å². The fourth-order valence-electron chi connectivity index (χ4n) is 3.91. The van der Waals surface area contributed by atoms with Crippen LogP contribution in [0.5, 0.6) is 5.75 Å². The maximum absolute atomic E-state index is 6.01. The van der Waals surface area contributed by atoms with Crippen molar-refractivity contribution >= 4 is 13.3 Å². The average molecular weight is 329 g/mol. The summed E-state index contributed by atoms with van der Waals surface area (Å²) in [4.78, 5) is 0. The topological polar surface area (TPSA) is 9.23 Å². The van der Waals surface area contributed by atoms with Gasteiger partial charge in [0.25, 0.3) is 0 Å². The second kappa shape index (κ2) is 6.68. The average Bonchev–Trinajstić information content (AvgIpc) is 3.02. The number of hydrogen-bond acceptors (Lipinski definition) is 1. The summed E-state index contributed by atoms with van der Waals surface area (Å²) in [7, 11) is 0.372. The van der Waals surface area contributed by atoms with Gasteiger partial charge in [-0.15, -0.1) is 0 Å². The maximum atomic E-state index is 6.01. The lowest BCUT2D eigenvalue weighted by Crippen LogP contribution is -2.41. The van der Waals surface area contributed by atoms with E-state index in [1.807, 2.05) is 7.11 Å². The van der Waals surface area contributed by atoms with E-state index in [-0.39, 0.29) is 5.41 Å². The zero-order chi connectivity index (χ0) is 17.3. The molecule has 0 radical (unpaired) electrons. The number of methoxy groups -OCH3 is 1. The monoisotopic (exact) mass is 328 g/mol. The lowest BCUT2D eigenvalue weighted by molar-refractivity contribution is 0.387. The summed E-state index contributed by atoms with van der Waals surface area (Å²) < 4.78 is 6.01. The van der Waals surface area contributed by atoms with E-state index >= 15 is 0 Å². The molecule has 2 rings (SSSR count). The van der Waals surface area contributed by atoms with Crippen LogP contribution >= 0.6 is 0 Å². The smallest absolute Gasteiger partial charge is 0.122 e. The molecule has 1 nitrogen and oxygen atoms in total. The number of aryl methyl sites for hydroxylation is 1. The molecule has 0 aliphatic heterocycles. The van der Waals surface area contributed by atoms with E-state index in [1.165, 1.54) is 21.9 Å². The summed E-state index contributed by atoms with van der Waals surface area (Å²) in [5, 5.41) is 1.45. The van der Waals surface area contributed by atoms with Crippen molar-refractivity contribution in [3.8, 4) is 5.75 Å². The van der Waals surface area contributed by atoms with Crippen LogP contribution in [0.15, 0.2) is 35.9 Å². The third-order valence-corrected chi connectivity index (χ3v) is 7.28. The van der Waals surface area contributed by atoms with Gasteiger partial charge in [-0.05, 0) is 36.9 Å². The number of hydrogen-bond donors (Lipinski definition) is 0. The van der Waals surface area contributed by atoms with Crippen molar-refractivity contribution in [2.24, 2.45) is 0 Å². The molecule has 0 amide bonds. The van der Waals surface area contributed by atoms with Crippen LogP contribution in [0.2, 0.25) is 19.6 Å². The summed E-state index contributed by atoms with van der Waals surface area (Å²) in [6.07, 6.45) is 10.3. The first-order valence-electron chi connectivity index (χ1n) is 8.87. The van der Waals surface area contributed by atoms with E-state index in [0.29, 0.717) is 0 Å². The first-order valence-corrected chi connectivity index (χ1v) is 12.4. The molecule has 0 saturated heterocycles. The second-order valence-electron chi connectivity index (χ2n) is 7.73. The summed E-state index contributed by atoms with van der Waals surface area (Å²) in [6.45, 7) is 14.1. The van der Waals surface area contributed by atoms with Gasteiger partial charge in [0.05, 0.1) is 15.2 Å². The fraction of sp³-hybridized carbons (Fsp3) is 0.524. The molecule has 0 N–H and O–H groups in total. The van der Waals surface area contributed by atoms with E-state index in [2.05, 4.69) is 70.8 Å². The van der Waals surface area contributed by atoms with Gasteiger partial charge in [0.2, 0.25) is 0 Å². The second-order valence-corrected chi connectivity index (χ2v) is 12.8. The maximum Gasteiger partial charge on any atom is 0.122 e. The molecular formula is C21H32OSi. The van der Waals surface area contributed by atoms with Crippen molar-refractivity contribution in [2.45, 2.75) is 65.1 Å². The van der Waals surface area contributed by atoms with Crippen LogP contribution in [-0.2, 0) is 5.41 Å². The summed E-state index contributed by atoms with van der Waals surface area (Å²) >= 11 is 0. The summed E-state index contributed by atoms with van der Waals surface area (Å²) in [6, 6.07) is 4.71. The van der Waals surface area contributed by atoms with Gasteiger partial charge in [-0.2, -0.15) is 0 Å². The molecule has 1 aliphatic rings. The lowest BCUT2D eigenvalue weighted by Gasteiger charge is -2.37. The third-order valence-electron chi connectivity index (χ3n) is 5.29. The van der Waals surface area contributed by atoms with Gasteiger partial charge in [0, 0.05) is 11.0 Å². The SMILES string of the molecule is CCC(CC)(C1=CCC=C1)c1cc(C)cc([Si](C)(C)C)c1OC. The molecule has 1 aromatic rings. The van der Waals surface area contributed by atoms with Crippen molar-refractivity contribution in [2.75, 3.05) is 7.11 Å². The van der Waals surface area contributed by atoms with E-state index in [0.717, 1.165) is 25.0 Å². The predicted molar refractivity (Wildman–Crippen MR) is 105 cm³/mol. The zero-order valence-electron chi connectivity index (χ0n) is 15.9. The van der Waals surface area contributed by atoms with Gasteiger partial charge >= 0.3 is 0 Å². The Morgan fingerprint density at radius 3 is 2.22 bits per heavy atom. The zero-order valence-corrected chi connectivity index (χ0v) is 16.9. The number of ether oxygens (including phenoxy) is 1. The van der Waals surface area contributed by atoms with E-state index < -0.39 is 8.07 Å². The largest absolute Gasteiger partial charge is 0.497 e. The Kier molecular flexibility index (Phi) is 5.25. The van der Waals surface area contributed by atoms with Gasteiger partial charge in [-0.25, -0.2) is 0 Å². The van der Waals surface area contributed by atoms with Gasteiger partial charge in [-0.3, -0.25) is 0 Å². The van der Waals surface area contributed by atoms with Crippen molar-refractivity contribution < 1.29 is 4.74 Å². The third kappa shape index (κ3) is 3.19. The quantitative estimate of drug-likeness (QED) is 0.627. The van der Waals surface area contributed by atoms with Crippen LogP contribution in [0.3, 0.4) is 0 Å². The molecule has 1 aliphatic carbocycles.